The first kappa shape index (κ1) is 24.2. The van der Waals surface area contributed by atoms with E-state index in [4.69, 9.17) is 4.74 Å². The van der Waals surface area contributed by atoms with Gasteiger partial charge in [-0.05, 0) is 40.2 Å². The van der Waals surface area contributed by atoms with Crippen molar-refractivity contribution in [2.24, 2.45) is 0 Å². The molecular formula is C23H32N6O4. The number of aromatic nitrogens is 3. The average molecular weight is 457 g/mol. The normalized spacial score (nSPS) is 16.7. The number of nitrogens with one attached hydrogen (secondary N) is 2. The Bertz CT molecular complexity index is 1010. The maximum Gasteiger partial charge on any atom is 0.408 e. The maximum atomic E-state index is 13.8. The van der Waals surface area contributed by atoms with E-state index in [9.17, 15) is 14.4 Å². The number of fused-ring (bicyclic) bond motifs is 3. The highest BCUT2D eigenvalue weighted by molar-refractivity contribution is 6.06. The van der Waals surface area contributed by atoms with Crippen molar-refractivity contribution in [3.05, 3.63) is 30.5 Å². The number of ether oxygens (including phenoxy) is 1. The molecule has 33 heavy (non-hydrogen) atoms. The van der Waals surface area contributed by atoms with Crippen LogP contribution >= 0.6 is 0 Å². The minimum atomic E-state index is -1.01. The number of carbonyl (C=O) groups excluding carboxylic acids is 3. The predicted molar refractivity (Wildman–Crippen MR) is 123 cm³/mol. The molecule has 1 aromatic heterocycles. The van der Waals surface area contributed by atoms with Gasteiger partial charge in [0.25, 0.3) is 5.91 Å². The molecule has 0 bridgehead atoms. The van der Waals surface area contributed by atoms with Crippen molar-refractivity contribution in [3.8, 4) is 11.3 Å². The van der Waals surface area contributed by atoms with Gasteiger partial charge in [0.1, 0.15) is 17.7 Å². The summed E-state index contributed by atoms with van der Waals surface area (Å²) in [5.74, 6) is -0.706. The van der Waals surface area contributed by atoms with Gasteiger partial charge in [0.05, 0.1) is 24.1 Å². The molecule has 0 saturated carbocycles. The summed E-state index contributed by atoms with van der Waals surface area (Å²) in [7, 11) is 0. The Kier molecular flexibility index (Phi) is 7.35. The summed E-state index contributed by atoms with van der Waals surface area (Å²) < 4.78 is 6.93. The second-order valence-electron chi connectivity index (χ2n) is 9.05. The molecule has 1 aliphatic heterocycles. The fraction of sp³-hybridized carbons (Fsp3) is 0.522. The first-order chi connectivity index (χ1) is 15.6. The number of unbranched alkanes of at least 4 members (excludes halogenated alkanes) is 1. The molecule has 2 atom stereocenters. The third kappa shape index (κ3) is 5.68. The van der Waals surface area contributed by atoms with Crippen molar-refractivity contribution in [1.29, 1.82) is 0 Å². The minimum absolute atomic E-state index is 0.0441. The summed E-state index contributed by atoms with van der Waals surface area (Å²) in [6, 6.07) is 5.46. The molecule has 2 N–H and O–H groups in total. The molecule has 0 saturated heterocycles. The van der Waals surface area contributed by atoms with Crippen LogP contribution in [0, 0.1) is 0 Å². The SMILES string of the molecule is CCCCNC(=O)C(C)N1C(=O)[C@@H](NC(=O)OC(C)(C)C)Cn2nncc2-c2ccccc21. The quantitative estimate of drug-likeness (QED) is 0.645. The van der Waals surface area contributed by atoms with Gasteiger partial charge in [0, 0.05) is 12.1 Å². The fourth-order valence-corrected chi connectivity index (χ4v) is 3.65. The van der Waals surface area contributed by atoms with Crippen LogP contribution in [0.4, 0.5) is 10.5 Å². The highest BCUT2D eigenvalue weighted by Gasteiger charge is 2.38. The third-order valence-electron chi connectivity index (χ3n) is 5.24. The maximum absolute atomic E-state index is 13.8. The van der Waals surface area contributed by atoms with E-state index in [0.717, 1.165) is 18.4 Å². The Morgan fingerprint density at radius 2 is 2.00 bits per heavy atom. The number of hydrogen-bond donors (Lipinski definition) is 2. The van der Waals surface area contributed by atoms with E-state index in [-0.39, 0.29) is 12.5 Å². The van der Waals surface area contributed by atoms with Crippen molar-refractivity contribution in [2.45, 2.75) is 71.7 Å². The van der Waals surface area contributed by atoms with Gasteiger partial charge < -0.3 is 15.4 Å². The highest BCUT2D eigenvalue weighted by Crippen LogP contribution is 2.34. The molecule has 178 valence electrons. The third-order valence-corrected chi connectivity index (χ3v) is 5.24. The fourth-order valence-electron chi connectivity index (χ4n) is 3.65. The lowest BCUT2D eigenvalue weighted by Gasteiger charge is -2.35. The molecule has 0 spiro atoms. The molecule has 1 aromatic carbocycles. The van der Waals surface area contributed by atoms with E-state index in [1.807, 2.05) is 19.1 Å². The van der Waals surface area contributed by atoms with Crippen LogP contribution in [0.15, 0.2) is 30.5 Å². The summed E-state index contributed by atoms with van der Waals surface area (Å²) in [6.45, 7) is 9.52. The van der Waals surface area contributed by atoms with Gasteiger partial charge in [0.2, 0.25) is 5.91 Å². The lowest BCUT2D eigenvalue weighted by Crippen LogP contribution is -2.57. The Labute approximate surface area is 193 Å². The molecule has 2 heterocycles. The van der Waals surface area contributed by atoms with E-state index < -0.39 is 29.7 Å². The summed E-state index contributed by atoms with van der Waals surface area (Å²) in [5.41, 5.74) is 1.21. The zero-order valence-corrected chi connectivity index (χ0v) is 19.8. The second-order valence-corrected chi connectivity index (χ2v) is 9.05. The van der Waals surface area contributed by atoms with Crippen molar-refractivity contribution in [2.75, 3.05) is 11.4 Å². The van der Waals surface area contributed by atoms with Gasteiger partial charge in [-0.15, -0.1) is 5.10 Å². The van der Waals surface area contributed by atoms with Gasteiger partial charge in [-0.25, -0.2) is 9.48 Å². The van der Waals surface area contributed by atoms with E-state index >= 15 is 0 Å². The van der Waals surface area contributed by atoms with Crippen LogP contribution in [-0.2, 0) is 20.9 Å². The molecule has 0 fully saturated rings. The largest absolute Gasteiger partial charge is 0.444 e. The van der Waals surface area contributed by atoms with Gasteiger partial charge in [-0.1, -0.05) is 36.8 Å². The predicted octanol–water partition coefficient (Wildman–Crippen LogP) is 2.49. The Morgan fingerprint density at radius 3 is 2.70 bits per heavy atom. The summed E-state index contributed by atoms with van der Waals surface area (Å²) in [5, 5.41) is 13.7. The zero-order valence-electron chi connectivity index (χ0n) is 19.8. The van der Waals surface area contributed by atoms with Gasteiger partial charge in [-0.3, -0.25) is 14.5 Å². The van der Waals surface area contributed by atoms with Crippen molar-refractivity contribution in [1.82, 2.24) is 25.6 Å². The van der Waals surface area contributed by atoms with Crippen LogP contribution in [0.5, 0.6) is 0 Å². The van der Waals surface area contributed by atoms with Crippen molar-refractivity contribution < 1.29 is 19.1 Å². The number of anilines is 1. The second kappa shape index (κ2) is 10.0. The molecule has 0 aliphatic carbocycles. The molecule has 2 aromatic rings. The number of carbonyl (C=O) groups is 3. The molecule has 3 amide bonds. The number of nitrogens with zero attached hydrogens (tertiary/aromatic N) is 4. The lowest BCUT2D eigenvalue weighted by molar-refractivity contribution is -0.127. The molecular weight excluding hydrogens is 424 g/mol. The number of hydrogen-bond acceptors (Lipinski definition) is 6. The summed E-state index contributed by atoms with van der Waals surface area (Å²) >= 11 is 0. The zero-order chi connectivity index (χ0) is 24.2. The van der Waals surface area contributed by atoms with Gasteiger partial charge >= 0.3 is 6.09 Å². The van der Waals surface area contributed by atoms with E-state index in [0.29, 0.717) is 17.9 Å². The average Bonchev–Trinajstić information content (AvgIpc) is 3.19. The number of benzene rings is 1. The first-order valence-electron chi connectivity index (χ1n) is 11.2. The number of rotatable bonds is 6. The minimum Gasteiger partial charge on any atom is -0.444 e. The standard InChI is InChI=1S/C23H32N6O4/c1-6-7-12-24-20(30)15(2)29-18-11-9-8-10-16(18)19-13-25-27-28(19)14-17(21(29)31)26-22(32)33-23(3,4)5/h8-11,13,15,17H,6-7,12,14H2,1-5H3,(H,24,30)(H,26,32)/t15?,17-/m0/s1. The molecule has 3 rings (SSSR count). The van der Waals surface area contributed by atoms with Crippen LogP contribution in [0.3, 0.4) is 0 Å². The van der Waals surface area contributed by atoms with Crippen LogP contribution in [0.25, 0.3) is 11.3 Å². The molecule has 10 heteroatoms. The lowest BCUT2D eigenvalue weighted by atomic mass is 10.0. The topological polar surface area (TPSA) is 118 Å². The van der Waals surface area contributed by atoms with Crippen LogP contribution in [0.2, 0.25) is 0 Å². The van der Waals surface area contributed by atoms with Crippen LogP contribution in [-0.4, -0.2) is 57.1 Å². The van der Waals surface area contributed by atoms with Gasteiger partial charge in [-0.2, -0.15) is 0 Å². The van der Waals surface area contributed by atoms with E-state index in [1.54, 1.807) is 50.7 Å². The molecule has 0 radical (unpaired) electrons. The Hall–Kier alpha value is -3.43. The van der Waals surface area contributed by atoms with Crippen molar-refractivity contribution in [3.63, 3.8) is 0 Å². The summed E-state index contributed by atoms with van der Waals surface area (Å²) in [6.07, 6.45) is 2.66. The number of alkyl carbamates (subject to hydrolysis) is 1. The van der Waals surface area contributed by atoms with E-state index in [2.05, 4.69) is 20.9 Å². The molecule has 1 aliphatic rings. The molecule has 1 unspecified atom stereocenters. The number of para-hydroxylation sites is 1. The Morgan fingerprint density at radius 1 is 1.27 bits per heavy atom. The highest BCUT2D eigenvalue weighted by atomic mass is 16.6. The first-order valence-corrected chi connectivity index (χ1v) is 11.2. The van der Waals surface area contributed by atoms with Gasteiger partial charge in [0.15, 0.2) is 0 Å². The summed E-state index contributed by atoms with van der Waals surface area (Å²) in [4.78, 5) is 40.7. The van der Waals surface area contributed by atoms with Crippen molar-refractivity contribution >= 4 is 23.6 Å². The number of amides is 3. The monoisotopic (exact) mass is 456 g/mol. The molecule has 10 nitrogen and oxygen atoms in total. The van der Waals surface area contributed by atoms with E-state index in [1.165, 1.54) is 4.90 Å². The van der Waals surface area contributed by atoms with Crippen LogP contribution in [0.1, 0.15) is 47.5 Å². The Balaban J connectivity index is 2.01. The van der Waals surface area contributed by atoms with Crippen LogP contribution < -0.4 is 15.5 Å². The smallest absolute Gasteiger partial charge is 0.408 e.